The molecule has 0 saturated heterocycles. The summed E-state index contributed by atoms with van der Waals surface area (Å²) in [7, 11) is 1.70. The van der Waals surface area contributed by atoms with Crippen molar-refractivity contribution in [3.05, 3.63) is 82.2 Å². The van der Waals surface area contributed by atoms with E-state index in [-0.39, 0.29) is 16.8 Å². The molecule has 1 aromatic carbocycles. The molecule has 0 spiro atoms. The standard InChI is InChI=1S/C19H14ClFN2O3/c1-23-9-17(22-10-23)18(24)12-7-15(19(25)26)14(16(21)8-12)6-11-2-4-13(20)5-3-11/h2-10,15H,1H3,(H,25,26). The predicted octanol–water partition coefficient (Wildman–Crippen LogP) is 3.83. The highest BCUT2D eigenvalue weighted by Gasteiger charge is 2.30. The van der Waals surface area contributed by atoms with Crippen molar-refractivity contribution in [3.63, 3.8) is 0 Å². The van der Waals surface area contributed by atoms with E-state index in [0.29, 0.717) is 10.6 Å². The number of hydrogen-bond acceptors (Lipinski definition) is 3. The highest BCUT2D eigenvalue weighted by Crippen LogP contribution is 2.33. The number of aryl methyl sites for hydroxylation is 1. The van der Waals surface area contributed by atoms with Gasteiger partial charge >= 0.3 is 5.97 Å². The Bertz CT molecular complexity index is 971. The minimum atomic E-state index is -1.28. The van der Waals surface area contributed by atoms with E-state index in [4.69, 9.17) is 11.6 Å². The highest BCUT2D eigenvalue weighted by molar-refractivity contribution is 6.30. The first-order valence-electron chi connectivity index (χ1n) is 7.67. The number of allylic oxidation sites excluding steroid dienone is 3. The smallest absolute Gasteiger partial charge is 0.315 e. The summed E-state index contributed by atoms with van der Waals surface area (Å²) in [5, 5.41) is 10.0. The van der Waals surface area contributed by atoms with Crippen LogP contribution in [0.1, 0.15) is 16.1 Å². The number of rotatable bonds is 4. The Morgan fingerprint density at radius 1 is 1.31 bits per heavy atom. The van der Waals surface area contributed by atoms with Crippen LogP contribution in [0.2, 0.25) is 5.02 Å². The van der Waals surface area contributed by atoms with E-state index in [1.165, 1.54) is 24.7 Å². The number of aromatic nitrogens is 2. The SMILES string of the molecule is Cn1cnc(C(=O)C2=CC(C(=O)O)C(=Cc3ccc(Cl)cc3)C(F)=C2)c1. The molecule has 1 heterocycles. The van der Waals surface area contributed by atoms with Crippen LogP contribution in [0.15, 0.2) is 65.9 Å². The van der Waals surface area contributed by atoms with E-state index >= 15 is 0 Å². The number of Topliss-reactive ketones (excluding diaryl/α,β-unsaturated/α-hetero) is 1. The fourth-order valence-electron chi connectivity index (χ4n) is 2.61. The molecule has 0 aliphatic heterocycles. The maximum Gasteiger partial charge on any atom is 0.315 e. The number of carboxylic acids is 1. The molecule has 0 fully saturated rings. The van der Waals surface area contributed by atoms with Crippen LogP contribution in [0.25, 0.3) is 6.08 Å². The number of nitrogens with zero attached hydrogens (tertiary/aromatic N) is 2. The average molecular weight is 373 g/mol. The highest BCUT2D eigenvalue weighted by atomic mass is 35.5. The molecule has 1 aliphatic rings. The van der Waals surface area contributed by atoms with Gasteiger partial charge in [-0.25, -0.2) is 9.37 Å². The van der Waals surface area contributed by atoms with Crippen molar-refractivity contribution < 1.29 is 19.1 Å². The Morgan fingerprint density at radius 2 is 2.00 bits per heavy atom. The van der Waals surface area contributed by atoms with Gasteiger partial charge in [-0.3, -0.25) is 9.59 Å². The molecule has 0 bridgehead atoms. The summed E-state index contributed by atoms with van der Waals surface area (Å²) in [5.41, 5.74) is 0.656. The van der Waals surface area contributed by atoms with Crippen LogP contribution < -0.4 is 0 Å². The lowest BCUT2D eigenvalue weighted by Gasteiger charge is -2.18. The average Bonchev–Trinajstić information content (AvgIpc) is 3.03. The van der Waals surface area contributed by atoms with Gasteiger partial charge in [-0.15, -0.1) is 0 Å². The molecule has 2 aromatic rings. The molecule has 1 N–H and O–H groups in total. The van der Waals surface area contributed by atoms with Crippen molar-refractivity contribution in [3.8, 4) is 0 Å². The first-order chi connectivity index (χ1) is 12.3. The third-order valence-corrected chi connectivity index (χ3v) is 4.15. The van der Waals surface area contributed by atoms with E-state index in [0.717, 1.165) is 6.08 Å². The largest absolute Gasteiger partial charge is 0.481 e. The number of carboxylic acid groups (broad SMARTS) is 1. The molecular formula is C19H14ClFN2O3. The normalized spacial score (nSPS) is 18.4. The molecule has 132 valence electrons. The third-order valence-electron chi connectivity index (χ3n) is 3.90. The van der Waals surface area contributed by atoms with Gasteiger partial charge < -0.3 is 9.67 Å². The Kier molecular flexibility index (Phi) is 4.86. The van der Waals surface area contributed by atoms with Crippen molar-refractivity contribution in [2.45, 2.75) is 0 Å². The quantitative estimate of drug-likeness (QED) is 0.828. The lowest BCUT2D eigenvalue weighted by Crippen LogP contribution is -2.19. The molecule has 0 radical (unpaired) electrons. The van der Waals surface area contributed by atoms with Crippen molar-refractivity contribution in [1.29, 1.82) is 0 Å². The number of halogens is 2. The molecule has 7 heteroatoms. The molecular weight excluding hydrogens is 359 g/mol. The second-order valence-electron chi connectivity index (χ2n) is 5.83. The topological polar surface area (TPSA) is 72.2 Å². The fourth-order valence-corrected chi connectivity index (χ4v) is 2.73. The second-order valence-corrected chi connectivity index (χ2v) is 6.27. The van der Waals surface area contributed by atoms with Crippen LogP contribution in [0, 0.1) is 5.92 Å². The lowest BCUT2D eigenvalue weighted by molar-refractivity contribution is -0.138. The van der Waals surface area contributed by atoms with E-state index in [1.54, 1.807) is 35.9 Å². The number of aliphatic carboxylic acids is 1. The molecule has 1 aliphatic carbocycles. The Morgan fingerprint density at radius 3 is 2.58 bits per heavy atom. The monoisotopic (exact) mass is 372 g/mol. The summed E-state index contributed by atoms with van der Waals surface area (Å²) >= 11 is 5.82. The summed E-state index contributed by atoms with van der Waals surface area (Å²) in [4.78, 5) is 28.0. The van der Waals surface area contributed by atoms with Crippen LogP contribution in [-0.2, 0) is 11.8 Å². The van der Waals surface area contributed by atoms with Crippen LogP contribution >= 0.6 is 11.6 Å². The number of hydrogen-bond donors (Lipinski definition) is 1. The second kappa shape index (κ2) is 7.09. The molecule has 5 nitrogen and oxygen atoms in total. The fraction of sp³-hybridized carbons (Fsp3) is 0.105. The summed E-state index contributed by atoms with van der Waals surface area (Å²) in [5.74, 6) is -3.83. The number of benzene rings is 1. The Labute approximate surface area is 153 Å². The number of carbonyl (C=O) groups is 2. The van der Waals surface area contributed by atoms with E-state index < -0.39 is 23.5 Å². The number of carbonyl (C=O) groups excluding carboxylic acids is 1. The van der Waals surface area contributed by atoms with Gasteiger partial charge in [0.15, 0.2) is 0 Å². The summed E-state index contributed by atoms with van der Waals surface area (Å²) in [6, 6.07) is 6.56. The molecule has 3 rings (SSSR count). The number of ketones is 1. The van der Waals surface area contributed by atoms with Crippen molar-refractivity contribution in [1.82, 2.24) is 9.55 Å². The maximum atomic E-state index is 14.6. The summed E-state index contributed by atoms with van der Waals surface area (Å²) in [6.45, 7) is 0. The van der Waals surface area contributed by atoms with Gasteiger partial charge in [0.1, 0.15) is 17.4 Å². The minimum absolute atomic E-state index is 0.0302. The van der Waals surface area contributed by atoms with Crippen molar-refractivity contribution in [2.75, 3.05) is 0 Å². The van der Waals surface area contributed by atoms with E-state index in [2.05, 4.69) is 4.98 Å². The first kappa shape index (κ1) is 17.8. The van der Waals surface area contributed by atoms with Gasteiger partial charge in [-0.2, -0.15) is 0 Å². The van der Waals surface area contributed by atoms with Crippen molar-refractivity contribution >= 4 is 29.4 Å². The van der Waals surface area contributed by atoms with Crippen LogP contribution in [0.4, 0.5) is 4.39 Å². The van der Waals surface area contributed by atoms with E-state index in [1.807, 2.05) is 0 Å². The molecule has 1 atom stereocenters. The van der Waals surface area contributed by atoms with Gasteiger partial charge in [0, 0.05) is 29.4 Å². The maximum absolute atomic E-state index is 14.6. The zero-order chi connectivity index (χ0) is 18.8. The van der Waals surface area contributed by atoms with Gasteiger partial charge in [-0.05, 0) is 29.8 Å². The summed E-state index contributed by atoms with van der Waals surface area (Å²) < 4.78 is 16.2. The number of imidazole rings is 1. The molecule has 1 aromatic heterocycles. The predicted molar refractivity (Wildman–Crippen MR) is 95.4 cm³/mol. The van der Waals surface area contributed by atoms with Gasteiger partial charge in [0.2, 0.25) is 5.78 Å². The van der Waals surface area contributed by atoms with Crippen LogP contribution in [0.3, 0.4) is 0 Å². The van der Waals surface area contributed by atoms with Crippen LogP contribution in [0.5, 0.6) is 0 Å². The molecule has 1 unspecified atom stereocenters. The Hall–Kier alpha value is -2.99. The van der Waals surface area contributed by atoms with Crippen LogP contribution in [-0.4, -0.2) is 26.4 Å². The molecule has 0 saturated carbocycles. The summed E-state index contributed by atoms with van der Waals surface area (Å²) in [6.07, 6.45) is 6.64. The van der Waals surface area contributed by atoms with Gasteiger partial charge in [0.25, 0.3) is 0 Å². The minimum Gasteiger partial charge on any atom is -0.481 e. The molecule has 0 amide bonds. The van der Waals surface area contributed by atoms with Gasteiger partial charge in [0.05, 0.1) is 6.33 Å². The Balaban J connectivity index is 1.99. The zero-order valence-electron chi connectivity index (χ0n) is 13.7. The molecule has 26 heavy (non-hydrogen) atoms. The van der Waals surface area contributed by atoms with Crippen molar-refractivity contribution in [2.24, 2.45) is 13.0 Å². The van der Waals surface area contributed by atoms with Gasteiger partial charge in [-0.1, -0.05) is 29.8 Å². The zero-order valence-corrected chi connectivity index (χ0v) is 14.4. The first-order valence-corrected chi connectivity index (χ1v) is 8.05. The third kappa shape index (κ3) is 3.65. The van der Waals surface area contributed by atoms with E-state index in [9.17, 15) is 19.1 Å². The lowest BCUT2D eigenvalue weighted by atomic mass is 9.87.